The van der Waals surface area contributed by atoms with E-state index in [-0.39, 0.29) is 6.04 Å². The molecule has 0 unspecified atom stereocenters. The number of methoxy groups -OCH3 is 1. The smallest absolute Gasteiger partial charge is 0.108 e. The van der Waals surface area contributed by atoms with Gasteiger partial charge in [-0.1, -0.05) is 6.92 Å². The summed E-state index contributed by atoms with van der Waals surface area (Å²) in [6.07, 6.45) is 2.55. The molecular formula is C9H15NO2. The molecule has 1 heterocycles. The van der Waals surface area contributed by atoms with Crippen molar-refractivity contribution in [1.82, 2.24) is 0 Å². The highest BCUT2D eigenvalue weighted by Crippen LogP contribution is 2.17. The van der Waals surface area contributed by atoms with E-state index in [0.717, 1.165) is 17.7 Å². The maximum Gasteiger partial charge on any atom is 0.108 e. The van der Waals surface area contributed by atoms with E-state index in [2.05, 4.69) is 0 Å². The van der Waals surface area contributed by atoms with Crippen molar-refractivity contribution < 1.29 is 9.15 Å². The van der Waals surface area contributed by atoms with E-state index in [1.165, 1.54) is 0 Å². The van der Waals surface area contributed by atoms with Crippen LogP contribution in [0.3, 0.4) is 0 Å². The Morgan fingerprint density at radius 2 is 2.42 bits per heavy atom. The van der Waals surface area contributed by atoms with Gasteiger partial charge >= 0.3 is 0 Å². The first-order valence-corrected chi connectivity index (χ1v) is 4.10. The summed E-state index contributed by atoms with van der Waals surface area (Å²) < 4.78 is 10.2. The zero-order valence-electron chi connectivity index (χ0n) is 7.54. The Hall–Kier alpha value is -0.800. The predicted molar refractivity (Wildman–Crippen MR) is 46.9 cm³/mol. The summed E-state index contributed by atoms with van der Waals surface area (Å²) >= 11 is 0. The van der Waals surface area contributed by atoms with E-state index in [0.29, 0.717) is 6.61 Å². The lowest BCUT2D eigenvalue weighted by molar-refractivity contribution is 0.180. The van der Waals surface area contributed by atoms with Crippen LogP contribution in [-0.4, -0.2) is 13.7 Å². The minimum atomic E-state index is -0.0660. The third-order valence-electron chi connectivity index (χ3n) is 1.85. The van der Waals surface area contributed by atoms with Crippen LogP contribution in [0.15, 0.2) is 16.7 Å². The van der Waals surface area contributed by atoms with Gasteiger partial charge in [-0.2, -0.15) is 0 Å². The molecule has 0 fully saturated rings. The number of rotatable bonds is 4. The molecule has 12 heavy (non-hydrogen) atoms. The Kier molecular flexibility index (Phi) is 3.31. The molecule has 1 atom stereocenters. The molecule has 0 saturated carbocycles. The second-order valence-corrected chi connectivity index (χ2v) is 2.71. The van der Waals surface area contributed by atoms with Gasteiger partial charge in [-0.3, -0.25) is 0 Å². The molecule has 3 nitrogen and oxygen atoms in total. The molecule has 0 aromatic carbocycles. The Balaban J connectivity index is 2.71. The van der Waals surface area contributed by atoms with Crippen LogP contribution in [0.25, 0.3) is 0 Å². The zero-order chi connectivity index (χ0) is 8.97. The Bertz CT molecular complexity index is 232. The number of nitrogens with two attached hydrogens (primary N) is 1. The van der Waals surface area contributed by atoms with Crippen molar-refractivity contribution in [1.29, 1.82) is 0 Å². The topological polar surface area (TPSA) is 48.4 Å². The van der Waals surface area contributed by atoms with E-state index in [1.807, 2.05) is 13.0 Å². The van der Waals surface area contributed by atoms with Gasteiger partial charge in [0.25, 0.3) is 0 Å². The van der Waals surface area contributed by atoms with Crippen LogP contribution in [-0.2, 0) is 11.2 Å². The van der Waals surface area contributed by atoms with E-state index in [1.54, 1.807) is 13.4 Å². The second-order valence-electron chi connectivity index (χ2n) is 2.71. The lowest BCUT2D eigenvalue weighted by Crippen LogP contribution is -2.16. The molecule has 0 saturated heterocycles. The van der Waals surface area contributed by atoms with Crippen molar-refractivity contribution in [3.63, 3.8) is 0 Å². The van der Waals surface area contributed by atoms with Gasteiger partial charge in [0.15, 0.2) is 0 Å². The third kappa shape index (κ3) is 1.87. The molecule has 1 aromatic heterocycles. The zero-order valence-corrected chi connectivity index (χ0v) is 7.54. The summed E-state index contributed by atoms with van der Waals surface area (Å²) in [5.74, 6) is 0.958. The van der Waals surface area contributed by atoms with E-state index < -0.39 is 0 Å². The van der Waals surface area contributed by atoms with Crippen LogP contribution < -0.4 is 5.73 Å². The van der Waals surface area contributed by atoms with Gasteiger partial charge in [0.1, 0.15) is 5.76 Å². The average Bonchev–Trinajstić information content (AvgIpc) is 2.51. The first kappa shape index (κ1) is 9.29. The monoisotopic (exact) mass is 169 g/mol. The molecule has 0 aliphatic heterocycles. The first-order chi connectivity index (χ1) is 5.79. The fourth-order valence-electron chi connectivity index (χ4n) is 1.24. The summed E-state index contributed by atoms with van der Waals surface area (Å²) in [7, 11) is 1.64. The van der Waals surface area contributed by atoms with E-state index in [4.69, 9.17) is 14.9 Å². The Labute approximate surface area is 72.5 Å². The van der Waals surface area contributed by atoms with Gasteiger partial charge in [-0.15, -0.1) is 0 Å². The normalized spacial score (nSPS) is 13.2. The summed E-state index contributed by atoms with van der Waals surface area (Å²) in [5, 5.41) is 0. The number of furan rings is 1. The van der Waals surface area contributed by atoms with Crippen molar-refractivity contribution in [2.45, 2.75) is 19.4 Å². The quantitative estimate of drug-likeness (QED) is 0.742. The van der Waals surface area contributed by atoms with Gasteiger partial charge in [0.05, 0.1) is 18.9 Å². The highest BCUT2D eigenvalue weighted by atomic mass is 16.5. The largest absolute Gasteiger partial charge is 0.469 e. The van der Waals surface area contributed by atoms with Gasteiger partial charge in [-0.25, -0.2) is 0 Å². The second kappa shape index (κ2) is 4.28. The minimum absolute atomic E-state index is 0.0660. The summed E-state index contributed by atoms with van der Waals surface area (Å²) in [4.78, 5) is 0. The molecule has 0 bridgehead atoms. The summed E-state index contributed by atoms with van der Waals surface area (Å²) in [5.41, 5.74) is 6.90. The van der Waals surface area contributed by atoms with E-state index in [9.17, 15) is 0 Å². The van der Waals surface area contributed by atoms with Crippen LogP contribution >= 0.6 is 0 Å². The lowest BCUT2D eigenvalue weighted by atomic mass is 10.1. The molecule has 1 aromatic rings. The molecule has 0 amide bonds. The minimum Gasteiger partial charge on any atom is -0.469 e. The van der Waals surface area contributed by atoms with Crippen molar-refractivity contribution in [2.24, 2.45) is 5.73 Å². The predicted octanol–water partition coefficient (Wildman–Crippen LogP) is 1.49. The van der Waals surface area contributed by atoms with Crippen molar-refractivity contribution in [3.05, 3.63) is 23.7 Å². The number of hydrogen-bond acceptors (Lipinski definition) is 3. The molecule has 0 aliphatic rings. The van der Waals surface area contributed by atoms with E-state index >= 15 is 0 Å². The molecule has 68 valence electrons. The molecule has 0 radical (unpaired) electrons. The fraction of sp³-hybridized carbons (Fsp3) is 0.556. The summed E-state index contributed by atoms with van der Waals surface area (Å²) in [6.45, 7) is 2.58. The standard InChI is InChI=1S/C9H15NO2/c1-3-9-7(4-5-12-9)8(10)6-11-2/h4-5,8H,3,6,10H2,1-2H3/t8-/m0/s1. The Morgan fingerprint density at radius 3 is 3.00 bits per heavy atom. The van der Waals surface area contributed by atoms with Crippen molar-refractivity contribution in [2.75, 3.05) is 13.7 Å². The highest BCUT2D eigenvalue weighted by Gasteiger charge is 2.11. The van der Waals surface area contributed by atoms with Crippen LogP contribution in [0.4, 0.5) is 0 Å². The first-order valence-electron chi connectivity index (χ1n) is 4.10. The number of hydrogen-bond donors (Lipinski definition) is 1. The third-order valence-corrected chi connectivity index (χ3v) is 1.85. The molecule has 3 heteroatoms. The van der Waals surface area contributed by atoms with Crippen LogP contribution in [0, 0.1) is 0 Å². The molecule has 0 aliphatic carbocycles. The Morgan fingerprint density at radius 1 is 1.67 bits per heavy atom. The van der Waals surface area contributed by atoms with Crippen LogP contribution in [0.1, 0.15) is 24.3 Å². The summed E-state index contributed by atoms with van der Waals surface area (Å²) in [6, 6.07) is 1.84. The maximum absolute atomic E-state index is 5.84. The molecule has 1 rings (SSSR count). The maximum atomic E-state index is 5.84. The van der Waals surface area contributed by atoms with Gasteiger partial charge in [-0.05, 0) is 6.07 Å². The lowest BCUT2D eigenvalue weighted by Gasteiger charge is -2.09. The molecule has 2 N–H and O–H groups in total. The van der Waals surface area contributed by atoms with Gasteiger partial charge < -0.3 is 14.9 Å². The molecule has 0 spiro atoms. The number of aryl methyl sites for hydroxylation is 1. The highest BCUT2D eigenvalue weighted by molar-refractivity contribution is 5.20. The van der Waals surface area contributed by atoms with Crippen LogP contribution in [0.2, 0.25) is 0 Å². The average molecular weight is 169 g/mol. The van der Waals surface area contributed by atoms with Gasteiger partial charge in [0.2, 0.25) is 0 Å². The van der Waals surface area contributed by atoms with Crippen LogP contribution in [0.5, 0.6) is 0 Å². The van der Waals surface area contributed by atoms with Crippen molar-refractivity contribution >= 4 is 0 Å². The SMILES string of the molecule is CCc1occc1[C@@H](N)COC. The molecular weight excluding hydrogens is 154 g/mol. The fourth-order valence-corrected chi connectivity index (χ4v) is 1.24. The van der Waals surface area contributed by atoms with Gasteiger partial charge in [0, 0.05) is 19.1 Å². The van der Waals surface area contributed by atoms with Crippen molar-refractivity contribution in [3.8, 4) is 0 Å². The number of ether oxygens (including phenoxy) is 1.